The summed E-state index contributed by atoms with van der Waals surface area (Å²) < 4.78 is 28.8. The van der Waals surface area contributed by atoms with Gasteiger partial charge in [0.15, 0.2) is 0 Å². The molecule has 41 heavy (non-hydrogen) atoms. The summed E-state index contributed by atoms with van der Waals surface area (Å²) in [5.74, 6) is -0.761. The first-order valence-electron chi connectivity index (χ1n) is 13.9. The van der Waals surface area contributed by atoms with E-state index in [-0.39, 0.29) is 23.4 Å². The number of amides is 2. The quantitative estimate of drug-likeness (QED) is 0.269. The van der Waals surface area contributed by atoms with Crippen LogP contribution in [0.15, 0.2) is 83.8 Å². The van der Waals surface area contributed by atoms with Crippen LogP contribution in [0.5, 0.6) is 0 Å². The third-order valence-electron chi connectivity index (χ3n) is 7.36. The van der Waals surface area contributed by atoms with Crippen LogP contribution in [0.3, 0.4) is 0 Å². The molecule has 1 fully saturated rings. The Bertz CT molecular complexity index is 1430. The lowest BCUT2D eigenvalue weighted by Crippen LogP contribution is -2.54. The normalized spacial score (nSPS) is 14.7. The van der Waals surface area contributed by atoms with Crippen molar-refractivity contribution in [3.8, 4) is 0 Å². The Morgan fingerprint density at radius 3 is 2.17 bits per heavy atom. The van der Waals surface area contributed by atoms with Crippen LogP contribution in [0.1, 0.15) is 51.0 Å². The SMILES string of the molecule is CCC(C(=O)NC1CCCCC1)N(Cc1ccccc1Cl)C(=O)CN(c1ccccc1)S(=O)(=O)c1ccc(Cl)cc1. The molecule has 218 valence electrons. The molecule has 0 radical (unpaired) electrons. The summed E-state index contributed by atoms with van der Waals surface area (Å²) in [6.45, 7) is 1.39. The summed E-state index contributed by atoms with van der Waals surface area (Å²) in [5, 5.41) is 4.00. The van der Waals surface area contributed by atoms with Crippen LogP contribution in [0, 0.1) is 0 Å². The highest BCUT2D eigenvalue weighted by Gasteiger charge is 2.34. The lowest BCUT2D eigenvalue weighted by Gasteiger charge is -2.34. The second kappa shape index (κ2) is 14.2. The van der Waals surface area contributed by atoms with Gasteiger partial charge in [0.25, 0.3) is 10.0 Å². The molecule has 0 aromatic heterocycles. The smallest absolute Gasteiger partial charge is 0.264 e. The number of nitrogens with one attached hydrogen (secondary N) is 1. The molecular weight excluding hydrogens is 581 g/mol. The number of para-hydroxylation sites is 1. The standard InChI is InChI=1S/C31H35Cl2N3O4S/c1-2-29(31(38)34-25-12-5-3-6-13-25)35(21-23-11-9-10-16-28(23)33)30(37)22-36(26-14-7-4-8-15-26)41(39,40)27-19-17-24(32)18-20-27/h4,7-11,14-20,25,29H,2-3,5-6,12-13,21-22H2,1H3,(H,34,38). The van der Waals surface area contributed by atoms with Crippen molar-refractivity contribution in [2.24, 2.45) is 0 Å². The monoisotopic (exact) mass is 615 g/mol. The maximum absolute atomic E-state index is 14.1. The molecule has 1 atom stereocenters. The zero-order valence-corrected chi connectivity index (χ0v) is 25.3. The molecule has 4 rings (SSSR count). The first-order valence-corrected chi connectivity index (χ1v) is 16.1. The number of benzene rings is 3. The highest BCUT2D eigenvalue weighted by Crippen LogP contribution is 2.27. The van der Waals surface area contributed by atoms with Gasteiger partial charge in [-0.1, -0.05) is 85.8 Å². The van der Waals surface area contributed by atoms with E-state index in [4.69, 9.17) is 23.2 Å². The predicted molar refractivity (Wildman–Crippen MR) is 164 cm³/mol. The highest BCUT2D eigenvalue weighted by atomic mass is 35.5. The molecule has 3 aromatic carbocycles. The van der Waals surface area contributed by atoms with Gasteiger partial charge in [0.05, 0.1) is 10.6 Å². The number of carbonyl (C=O) groups is 2. The van der Waals surface area contributed by atoms with E-state index < -0.39 is 28.5 Å². The van der Waals surface area contributed by atoms with Crippen LogP contribution in [0.25, 0.3) is 0 Å². The molecule has 7 nitrogen and oxygen atoms in total. The van der Waals surface area contributed by atoms with Crippen LogP contribution in [0.2, 0.25) is 10.0 Å². The van der Waals surface area contributed by atoms with E-state index in [1.54, 1.807) is 48.5 Å². The topological polar surface area (TPSA) is 86.8 Å². The molecule has 1 unspecified atom stereocenters. The van der Waals surface area contributed by atoms with E-state index in [1.807, 2.05) is 13.0 Å². The van der Waals surface area contributed by atoms with Crippen molar-refractivity contribution in [3.05, 3.63) is 94.5 Å². The van der Waals surface area contributed by atoms with Crippen molar-refractivity contribution in [1.82, 2.24) is 10.2 Å². The average Bonchev–Trinajstić information content (AvgIpc) is 2.97. The summed E-state index contributed by atoms with van der Waals surface area (Å²) in [6, 6.07) is 20.6. The Hall–Kier alpha value is -3.07. The summed E-state index contributed by atoms with van der Waals surface area (Å²) >= 11 is 12.5. The zero-order chi connectivity index (χ0) is 29.4. The Morgan fingerprint density at radius 1 is 0.902 bits per heavy atom. The fraction of sp³-hybridized carbons (Fsp3) is 0.355. The van der Waals surface area contributed by atoms with E-state index in [9.17, 15) is 18.0 Å². The molecule has 0 saturated heterocycles. The van der Waals surface area contributed by atoms with Gasteiger partial charge in [-0.15, -0.1) is 0 Å². The molecule has 1 saturated carbocycles. The van der Waals surface area contributed by atoms with Gasteiger partial charge in [0.1, 0.15) is 12.6 Å². The lowest BCUT2D eigenvalue weighted by molar-refractivity contribution is -0.140. The van der Waals surface area contributed by atoms with Crippen molar-refractivity contribution >= 4 is 50.7 Å². The molecule has 10 heteroatoms. The van der Waals surface area contributed by atoms with Crippen molar-refractivity contribution in [1.29, 1.82) is 0 Å². The Morgan fingerprint density at radius 2 is 1.54 bits per heavy atom. The van der Waals surface area contributed by atoms with Gasteiger partial charge < -0.3 is 10.2 Å². The molecule has 1 aliphatic carbocycles. The Kier molecular flexibility index (Phi) is 10.7. The molecule has 2 amide bonds. The Balaban J connectivity index is 1.69. The largest absolute Gasteiger partial charge is 0.352 e. The van der Waals surface area contributed by atoms with Crippen LogP contribution in [-0.2, 0) is 26.2 Å². The van der Waals surface area contributed by atoms with Gasteiger partial charge in [-0.3, -0.25) is 13.9 Å². The minimum atomic E-state index is -4.16. The van der Waals surface area contributed by atoms with Gasteiger partial charge in [0.2, 0.25) is 11.8 Å². The van der Waals surface area contributed by atoms with Gasteiger partial charge >= 0.3 is 0 Å². The lowest BCUT2D eigenvalue weighted by atomic mass is 9.95. The maximum Gasteiger partial charge on any atom is 0.264 e. The number of hydrogen-bond acceptors (Lipinski definition) is 4. The molecule has 1 N–H and O–H groups in total. The van der Waals surface area contributed by atoms with E-state index >= 15 is 0 Å². The fourth-order valence-corrected chi connectivity index (χ4v) is 6.87. The number of nitrogens with zero attached hydrogens (tertiary/aromatic N) is 2. The van der Waals surface area contributed by atoms with E-state index in [0.717, 1.165) is 36.4 Å². The zero-order valence-electron chi connectivity index (χ0n) is 23.0. The van der Waals surface area contributed by atoms with Crippen molar-refractivity contribution in [2.75, 3.05) is 10.8 Å². The minimum absolute atomic E-state index is 0.00158. The van der Waals surface area contributed by atoms with E-state index in [2.05, 4.69) is 5.32 Å². The van der Waals surface area contributed by atoms with Gasteiger partial charge in [-0.25, -0.2) is 8.42 Å². The summed E-state index contributed by atoms with van der Waals surface area (Å²) in [7, 11) is -4.16. The first-order chi connectivity index (χ1) is 19.7. The molecule has 0 spiro atoms. The number of anilines is 1. The van der Waals surface area contributed by atoms with Crippen molar-refractivity contribution < 1.29 is 18.0 Å². The van der Waals surface area contributed by atoms with Crippen LogP contribution < -0.4 is 9.62 Å². The minimum Gasteiger partial charge on any atom is -0.352 e. The predicted octanol–water partition coefficient (Wildman–Crippen LogP) is 6.45. The average molecular weight is 617 g/mol. The first kappa shape index (κ1) is 30.9. The third-order valence-corrected chi connectivity index (χ3v) is 9.77. The fourth-order valence-electron chi connectivity index (χ4n) is 5.13. The van der Waals surface area contributed by atoms with E-state index in [1.165, 1.54) is 29.2 Å². The summed E-state index contributed by atoms with van der Waals surface area (Å²) in [6.07, 6.45) is 5.42. The molecule has 0 heterocycles. The maximum atomic E-state index is 14.1. The third kappa shape index (κ3) is 7.82. The van der Waals surface area contributed by atoms with Crippen molar-refractivity contribution in [3.63, 3.8) is 0 Å². The highest BCUT2D eigenvalue weighted by molar-refractivity contribution is 7.92. The van der Waals surface area contributed by atoms with Gasteiger partial charge in [-0.05, 0) is 67.3 Å². The van der Waals surface area contributed by atoms with Gasteiger partial charge in [0, 0.05) is 22.6 Å². The second-order valence-electron chi connectivity index (χ2n) is 10.2. The van der Waals surface area contributed by atoms with Gasteiger partial charge in [-0.2, -0.15) is 0 Å². The van der Waals surface area contributed by atoms with Crippen LogP contribution >= 0.6 is 23.2 Å². The number of carbonyl (C=O) groups excluding carboxylic acids is 2. The summed E-state index contributed by atoms with van der Waals surface area (Å²) in [4.78, 5) is 29.2. The number of rotatable bonds is 11. The molecule has 1 aliphatic rings. The van der Waals surface area contributed by atoms with E-state index in [0.29, 0.717) is 27.7 Å². The second-order valence-corrected chi connectivity index (χ2v) is 12.9. The van der Waals surface area contributed by atoms with Crippen LogP contribution in [0.4, 0.5) is 5.69 Å². The molecule has 3 aromatic rings. The number of sulfonamides is 1. The molecular formula is C31H35Cl2N3O4S. The molecule has 0 bridgehead atoms. The number of halogens is 2. The summed E-state index contributed by atoms with van der Waals surface area (Å²) in [5.41, 5.74) is 0.992. The van der Waals surface area contributed by atoms with Crippen LogP contribution in [-0.4, -0.2) is 43.8 Å². The number of hydrogen-bond donors (Lipinski definition) is 1. The Labute approximate surface area is 252 Å². The van der Waals surface area contributed by atoms with Crippen molar-refractivity contribution in [2.45, 2.75) is 69.0 Å². The molecule has 0 aliphatic heterocycles.